The predicted octanol–water partition coefficient (Wildman–Crippen LogP) is 2.50. The van der Waals surface area contributed by atoms with Crippen LogP contribution in [0.3, 0.4) is 0 Å². The smallest absolute Gasteiger partial charge is 0.0808 e. The largest absolute Gasteiger partial charge is 0.376 e. The van der Waals surface area contributed by atoms with Crippen molar-refractivity contribution in [3.63, 3.8) is 0 Å². The van der Waals surface area contributed by atoms with Crippen LogP contribution in [0.4, 0.5) is 0 Å². The highest BCUT2D eigenvalue weighted by Crippen LogP contribution is 2.30. The van der Waals surface area contributed by atoms with Crippen LogP contribution in [0.2, 0.25) is 0 Å². The van der Waals surface area contributed by atoms with Gasteiger partial charge in [-0.3, -0.25) is 0 Å². The van der Waals surface area contributed by atoms with Gasteiger partial charge in [-0.15, -0.1) is 0 Å². The van der Waals surface area contributed by atoms with Crippen molar-refractivity contribution in [3.8, 4) is 0 Å². The van der Waals surface area contributed by atoms with E-state index in [9.17, 15) is 0 Å². The monoisotopic (exact) mass is 248 g/mol. The van der Waals surface area contributed by atoms with Crippen LogP contribution in [0.1, 0.15) is 32.1 Å². The molecule has 3 heteroatoms. The van der Waals surface area contributed by atoms with Crippen molar-refractivity contribution in [1.29, 1.82) is 0 Å². The lowest BCUT2D eigenvalue weighted by Crippen LogP contribution is -2.35. The number of alkyl halides is 1. The van der Waals surface area contributed by atoms with E-state index in [0.29, 0.717) is 17.0 Å². The van der Waals surface area contributed by atoms with Gasteiger partial charge < -0.3 is 9.47 Å². The molecule has 1 heterocycles. The second-order valence-electron chi connectivity index (χ2n) is 4.01. The van der Waals surface area contributed by atoms with Crippen molar-refractivity contribution in [2.45, 2.75) is 49.1 Å². The van der Waals surface area contributed by atoms with Crippen LogP contribution in [0.25, 0.3) is 0 Å². The summed E-state index contributed by atoms with van der Waals surface area (Å²) in [5.41, 5.74) is 0. The Hall–Kier alpha value is 0.400. The maximum Gasteiger partial charge on any atom is 0.0808 e. The van der Waals surface area contributed by atoms with Gasteiger partial charge in [0, 0.05) is 11.4 Å². The summed E-state index contributed by atoms with van der Waals surface area (Å²) in [6, 6.07) is 0. The Bertz CT molecular complexity index is 151. The molecule has 2 fully saturated rings. The second-order valence-corrected chi connectivity index (χ2v) is 5.31. The third kappa shape index (κ3) is 2.93. The van der Waals surface area contributed by atoms with Gasteiger partial charge in [0.2, 0.25) is 0 Å². The molecule has 2 aliphatic rings. The van der Waals surface area contributed by atoms with Crippen LogP contribution in [0, 0.1) is 0 Å². The van der Waals surface area contributed by atoms with Crippen LogP contribution in [-0.2, 0) is 9.47 Å². The zero-order valence-electron chi connectivity index (χ0n) is 7.88. The van der Waals surface area contributed by atoms with Crippen molar-refractivity contribution in [2.75, 3.05) is 13.2 Å². The summed E-state index contributed by atoms with van der Waals surface area (Å²) in [6.45, 7) is 1.74. The van der Waals surface area contributed by atoms with E-state index in [0.717, 1.165) is 13.2 Å². The molecule has 13 heavy (non-hydrogen) atoms. The Morgan fingerprint density at radius 3 is 2.77 bits per heavy atom. The Labute approximate surface area is 88.1 Å². The Balaban J connectivity index is 1.56. The predicted molar refractivity (Wildman–Crippen MR) is 55.3 cm³/mol. The van der Waals surface area contributed by atoms with Crippen molar-refractivity contribution in [3.05, 3.63) is 0 Å². The number of hydrogen-bond acceptors (Lipinski definition) is 2. The lowest BCUT2D eigenvalue weighted by molar-refractivity contribution is -0.0785. The molecule has 1 saturated carbocycles. The van der Waals surface area contributed by atoms with Crippen molar-refractivity contribution >= 4 is 15.9 Å². The Morgan fingerprint density at radius 1 is 1.31 bits per heavy atom. The van der Waals surface area contributed by atoms with E-state index < -0.39 is 0 Å². The van der Waals surface area contributed by atoms with Gasteiger partial charge in [-0.2, -0.15) is 0 Å². The standard InChI is InChI=1S/C10H17BrO2/c11-8-5-10(6-8)13-7-9-3-1-2-4-12-9/h8-10H,1-7H2. The SMILES string of the molecule is BrC1CC(OCC2CCCCO2)C1. The molecule has 1 saturated heterocycles. The van der Waals surface area contributed by atoms with E-state index in [-0.39, 0.29) is 0 Å². The Kier molecular flexibility index (Phi) is 3.64. The highest BCUT2D eigenvalue weighted by Gasteiger charge is 2.28. The highest BCUT2D eigenvalue weighted by atomic mass is 79.9. The molecule has 1 aliphatic heterocycles. The minimum absolute atomic E-state index is 0.378. The van der Waals surface area contributed by atoms with Crippen molar-refractivity contribution in [2.24, 2.45) is 0 Å². The number of ether oxygens (including phenoxy) is 2. The second kappa shape index (κ2) is 4.76. The number of hydrogen-bond donors (Lipinski definition) is 0. The molecule has 0 bridgehead atoms. The van der Waals surface area contributed by atoms with E-state index in [1.54, 1.807) is 0 Å². The van der Waals surface area contributed by atoms with Gasteiger partial charge in [0.05, 0.1) is 18.8 Å². The third-order valence-electron chi connectivity index (χ3n) is 2.83. The highest BCUT2D eigenvalue weighted by molar-refractivity contribution is 9.09. The average Bonchev–Trinajstić information content (AvgIpc) is 2.12. The fraction of sp³-hybridized carbons (Fsp3) is 1.00. The first-order chi connectivity index (χ1) is 6.34. The normalized spacial score (nSPS) is 39.9. The maximum atomic E-state index is 5.73. The van der Waals surface area contributed by atoms with E-state index in [1.165, 1.54) is 32.1 Å². The minimum Gasteiger partial charge on any atom is -0.376 e. The number of rotatable bonds is 3. The van der Waals surface area contributed by atoms with Crippen LogP contribution in [-0.4, -0.2) is 30.2 Å². The molecule has 0 radical (unpaired) electrons. The molecular formula is C10H17BrO2. The van der Waals surface area contributed by atoms with Crippen molar-refractivity contribution < 1.29 is 9.47 Å². The molecule has 2 nitrogen and oxygen atoms in total. The van der Waals surface area contributed by atoms with Crippen LogP contribution in [0.15, 0.2) is 0 Å². The topological polar surface area (TPSA) is 18.5 Å². The fourth-order valence-electron chi connectivity index (χ4n) is 1.82. The lowest BCUT2D eigenvalue weighted by atomic mass is 9.96. The molecule has 1 aliphatic carbocycles. The molecule has 0 spiro atoms. The fourth-order valence-corrected chi connectivity index (χ4v) is 2.65. The molecule has 1 unspecified atom stereocenters. The summed E-state index contributed by atoms with van der Waals surface area (Å²) >= 11 is 3.56. The van der Waals surface area contributed by atoms with Gasteiger partial charge in [-0.25, -0.2) is 0 Å². The zero-order valence-corrected chi connectivity index (χ0v) is 9.46. The van der Waals surface area contributed by atoms with Gasteiger partial charge in [0.1, 0.15) is 0 Å². The van der Waals surface area contributed by atoms with Gasteiger partial charge in [-0.1, -0.05) is 15.9 Å². The summed E-state index contributed by atoms with van der Waals surface area (Å²) in [7, 11) is 0. The zero-order chi connectivity index (χ0) is 9.10. The lowest BCUT2D eigenvalue weighted by Gasteiger charge is -2.33. The maximum absolute atomic E-state index is 5.73. The minimum atomic E-state index is 0.378. The molecule has 1 atom stereocenters. The molecule has 76 valence electrons. The molecule has 2 rings (SSSR count). The molecule has 0 aromatic heterocycles. The van der Waals surface area contributed by atoms with Crippen LogP contribution in [0.5, 0.6) is 0 Å². The summed E-state index contributed by atoms with van der Waals surface area (Å²) in [4.78, 5) is 0.699. The van der Waals surface area contributed by atoms with E-state index in [2.05, 4.69) is 15.9 Å². The quantitative estimate of drug-likeness (QED) is 0.715. The molecule has 0 aromatic rings. The van der Waals surface area contributed by atoms with Gasteiger partial charge in [0.15, 0.2) is 0 Å². The molecular weight excluding hydrogens is 232 g/mol. The van der Waals surface area contributed by atoms with Gasteiger partial charge in [0.25, 0.3) is 0 Å². The van der Waals surface area contributed by atoms with E-state index >= 15 is 0 Å². The first-order valence-corrected chi connectivity index (χ1v) is 6.13. The third-order valence-corrected chi connectivity index (χ3v) is 3.58. The van der Waals surface area contributed by atoms with E-state index in [4.69, 9.17) is 9.47 Å². The molecule has 0 amide bonds. The molecule has 0 N–H and O–H groups in total. The summed E-state index contributed by atoms with van der Waals surface area (Å²) < 4.78 is 11.3. The van der Waals surface area contributed by atoms with Gasteiger partial charge in [-0.05, 0) is 32.1 Å². The van der Waals surface area contributed by atoms with Gasteiger partial charge >= 0.3 is 0 Å². The van der Waals surface area contributed by atoms with E-state index in [1.807, 2.05) is 0 Å². The molecule has 0 aromatic carbocycles. The average molecular weight is 249 g/mol. The Morgan fingerprint density at radius 2 is 2.15 bits per heavy atom. The first-order valence-electron chi connectivity index (χ1n) is 5.22. The van der Waals surface area contributed by atoms with Crippen molar-refractivity contribution in [1.82, 2.24) is 0 Å². The summed E-state index contributed by atoms with van der Waals surface area (Å²) in [5, 5.41) is 0. The van der Waals surface area contributed by atoms with Crippen LogP contribution >= 0.6 is 15.9 Å². The summed E-state index contributed by atoms with van der Waals surface area (Å²) in [6.07, 6.45) is 6.94. The summed E-state index contributed by atoms with van der Waals surface area (Å²) in [5.74, 6) is 0. The van der Waals surface area contributed by atoms with Crippen LogP contribution < -0.4 is 0 Å². The number of halogens is 1. The first kappa shape index (κ1) is 9.94.